The molecular formula is C29H38N6O3. The van der Waals surface area contributed by atoms with Crippen molar-refractivity contribution >= 4 is 5.91 Å². The summed E-state index contributed by atoms with van der Waals surface area (Å²) in [5, 5.41) is 11.2. The van der Waals surface area contributed by atoms with E-state index in [0.29, 0.717) is 31.8 Å². The van der Waals surface area contributed by atoms with Crippen molar-refractivity contribution in [2.75, 3.05) is 52.9 Å². The van der Waals surface area contributed by atoms with Gasteiger partial charge >= 0.3 is 0 Å². The monoisotopic (exact) mass is 518 g/mol. The zero-order valence-corrected chi connectivity index (χ0v) is 22.4. The van der Waals surface area contributed by atoms with E-state index in [1.54, 1.807) is 6.07 Å². The molecule has 9 heteroatoms. The van der Waals surface area contributed by atoms with Crippen molar-refractivity contribution in [3.63, 3.8) is 0 Å². The second kappa shape index (κ2) is 13.9. The Morgan fingerprint density at radius 2 is 1.76 bits per heavy atom. The van der Waals surface area contributed by atoms with Crippen molar-refractivity contribution < 1.29 is 14.3 Å². The van der Waals surface area contributed by atoms with Gasteiger partial charge in [-0.15, -0.1) is 5.10 Å². The number of likely N-dealkylation sites (N-methyl/N-ethyl adjacent to an activating group) is 1. The van der Waals surface area contributed by atoms with E-state index in [-0.39, 0.29) is 5.91 Å². The average Bonchev–Trinajstić information content (AvgIpc) is 2.93. The zero-order valence-electron chi connectivity index (χ0n) is 22.4. The number of rotatable bonds is 12. The Morgan fingerprint density at radius 1 is 1.00 bits per heavy atom. The number of nitrogens with one attached hydrogen (secondary N) is 1. The van der Waals surface area contributed by atoms with E-state index in [0.717, 1.165) is 67.7 Å². The van der Waals surface area contributed by atoms with Gasteiger partial charge in [-0.05, 0) is 86.9 Å². The highest BCUT2D eigenvalue weighted by Gasteiger charge is 2.15. The summed E-state index contributed by atoms with van der Waals surface area (Å²) in [6, 6.07) is 17.3. The van der Waals surface area contributed by atoms with E-state index in [9.17, 15) is 4.79 Å². The van der Waals surface area contributed by atoms with Gasteiger partial charge in [-0.2, -0.15) is 5.10 Å². The minimum atomic E-state index is -0.225. The molecule has 0 unspecified atom stereocenters. The van der Waals surface area contributed by atoms with Crippen molar-refractivity contribution in [3.8, 4) is 17.2 Å². The lowest BCUT2D eigenvalue weighted by Gasteiger charge is -2.31. The third-order valence-electron chi connectivity index (χ3n) is 6.53. The van der Waals surface area contributed by atoms with Gasteiger partial charge in [0.15, 0.2) is 5.69 Å². The third-order valence-corrected chi connectivity index (χ3v) is 6.53. The van der Waals surface area contributed by atoms with Gasteiger partial charge in [0.05, 0.1) is 12.3 Å². The van der Waals surface area contributed by atoms with E-state index in [1.165, 1.54) is 5.56 Å². The van der Waals surface area contributed by atoms with Crippen LogP contribution in [-0.2, 0) is 13.0 Å². The second-order valence-corrected chi connectivity index (χ2v) is 9.66. The van der Waals surface area contributed by atoms with Crippen LogP contribution in [0.25, 0.3) is 0 Å². The lowest BCUT2D eigenvalue weighted by molar-refractivity contribution is 0.0945. The number of amides is 1. The van der Waals surface area contributed by atoms with E-state index < -0.39 is 0 Å². The first-order chi connectivity index (χ1) is 18.5. The van der Waals surface area contributed by atoms with Gasteiger partial charge in [0.1, 0.15) is 17.2 Å². The van der Waals surface area contributed by atoms with Gasteiger partial charge in [0.2, 0.25) is 0 Å². The zero-order chi connectivity index (χ0) is 26.7. The van der Waals surface area contributed by atoms with Crippen LogP contribution in [0.3, 0.4) is 0 Å². The number of hydrogen-bond acceptors (Lipinski definition) is 8. The molecule has 1 amide bonds. The molecule has 0 spiro atoms. The molecule has 0 atom stereocenters. The number of carbonyl (C=O) groups is 1. The first-order valence-electron chi connectivity index (χ1n) is 13.2. The maximum absolute atomic E-state index is 12.4. The van der Waals surface area contributed by atoms with E-state index in [1.807, 2.05) is 49.4 Å². The van der Waals surface area contributed by atoms with Gasteiger partial charge < -0.3 is 25.4 Å². The summed E-state index contributed by atoms with van der Waals surface area (Å²) in [5.74, 6) is 2.09. The smallest absolute Gasteiger partial charge is 0.271 e. The summed E-state index contributed by atoms with van der Waals surface area (Å²) in [6.07, 6.45) is 1.53. The number of nitrogens with two attached hydrogens (primary N) is 1. The number of aromatic nitrogens is 2. The third kappa shape index (κ3) is 8.24. The standard InChI is InChI=1S/C29H38N6O3/c1-22-20-23(12-13-30)4-11-28(22)38-26-8-6-25(7-9-26)37-19-3-14-31-29(36)27-10-5-24(32-33-27)21-35-17-15-34(2)16-18-35/h4-11,20H,3,12-19,21,30H2,1-2H3,(H,31,36). The van der Waals surface area contributed by atoms with Gasteiger partial charge in [-0.25, -0.2) is 0 Å². The van der Waals surface area contributed by atoms with E-state index in [2.05, 4.69) is 38.4 Å². The fourth-order valence-electron chi connectivity index (χ4n) is 4.23. The molecule has 4 rings (SSSR count). The summed E-state index contributed by atoms with van der Waals surface area (Å²) >= 11 is 0. The van der Waals surface area contributed by atoms with Crippen LogP contribution in [0.4, 0.5) is 0 Å². The Balaban J connectivity index is 1.14. The molecular weight excluding hydrogens is 480 g/mol. The predicted octanol–water partition coefficient (Wildman–Crippen LogP) is 3.02. The fraction of sp³-hybridized carbons (Fsp3) is 0.414. The van der Waals surface area contributed by atoms with Gasteiger partial charge in [0, 0.05) is 39.3 Å². The molecule has 9 nitrogen and oxygen atoms in total. The molecule has 0 bridgehead atoms. The van der Waals surface area contributed by atoms with Crippen LogP contribution < -0.4 is 20.5 Å². The molecule has 3 aromatic rings. The molecule has 1 saturated heterocycles. The first-order valence-corrected chi connectivity index (χ1v) is 13.2. The Labute approximate surface area is 224 Å². The molecule has 0 radical (unpaired) electrons. The Kier molecular flexibility index (Phi) is 10.0. The Morgan fingerprint density at radius 3 is 2.45 bits per heavy atom. The molecule has 1 aliphatic rings. The SMILES string of the molecule is Cc1cc(CCN)ccc1Oc1ccc(OCCCNC(=O)c2ccc(CN3CCN(C)CC3)nn2)cc1. The lowest BCUT2D eigenvalue weighted by Crippen LogP contribution is -2.44. The quantitative estimate of drug-likeness (QED) is 0.353. The van der Waals surface area contributed by atoms with Crippen LogP contribution >= 0.6 is 0 Å². The van der Waals surface area contributed by atoms with Crippen molar-refractivity contribution in [1.29, 1.82) is 0 Å². The second-order valence-electron chi connectivity index (χ2n) is 9.66. The Hall–Kier alpha value is -3.53. The van der Waals surface area contributed by atoms with Crippen LogP contribution in [0.5, 0.6) is 17.2 Å². The van der Waals surface area contributed by atoms with E-state index in [4.69, 9.17) is 15.2 Å². The lowest BCUT2D eigenvalue weighted by atomic mass is 10.1. The molecule has 0 saturated carbocycles. The molecule has 202 valence electrons. The molecule has 2 heterocycles. The molecule has 38 heavy (non-hydrogen) atoms. The van der Waals surface area contributed by atoms with Crippen LogP contribution in [0.1, 0.15) is 33.7 Å². The molecule has 1 aromatic heterocycles. The van der Waals surface area contributed by atoms with Crippen LogP contribution in [0, 0.1) is 6.92 Å². The number of nitrogens with zero attached hydrogens (tertiary/aromatic N) is 4. The number of hydrogen-bond donors (Lipinski definition) is 2. The van der Waals surface area contributed by atoms with Crippen molar-refractivity contribution in [1.82, 2.24) is 25.3 Å². The van der Waals surface area contributed by atoms with Crippen molar-refractivity contribution in [2.24, 2.45) is 5.73 Å². The summed E-state index contributed by atoms with van der Waals surface area (Å²) in [4.78, 5) is 17.1. The average molecular weight is 519 g/mol. The highest BCUT2D eigenvalue weighted by Crippen LogP contribution is 2.27. The van der Waals surface area contributed by atoms with Gasteiger partial charge in [0.25, 0.3) is 5.91 Å². The van der Waals surface area contributed by atoms with Crippen molar-refractivity contribution in [3.05, 3.63) is 77.1 Å². The van der Waals surface area contributed by atoms with Gasteiger partial charge in [-0.3, -0.25) is 9.69 Å². The molecule has 2 aromatic carbocycles. The normalized spacial score (nSPS) is 14.3. The highest BCUT2D eigenvalue weighted by atomic mass is 16.5. The number of aryl methyl sites for hydroxylation is 1. The predicted molar refractivity (Wildman–Crippen MR) is 148 cm³/mol. The highest BCUT2D eigenvalue weighted by molar-refractivity contribution is 5.91. The largest absolute Gasteiger partial charge is 0.494 e. The maximum atomic E-state index is 12.4. The number of carbonyl (C=O) groups excluding carboxylic acids is 1. The van der Waals surface area contributed by atoms with Gasteiger partial charge in [-0.1, -0.05) is 12.1 Å². The van der Waals surface area contributed by atoms with Crippen molar-refractivity contribution in [2.45, 2.75) is 26.3 Å². The topological polar surface area (TPSA) is 106 Å². The van der Waals surface area contributed by atoms with E-state index >= 15 is 0 Å². The minimum absolute atomic E-state index is 0.225. The summed E-state index contributed by atoms with van der Waals surface area (Å²) in [7, 11) is 2.14. The molecule has 1 fully saturated rings. The first kappa shape index (κ1) is 27.5. The number of piperazine rings is 1. The fourth-order valence-corrected chi connectivity index (χ4v) is 4.23. The summed E-state index contributed by atoms with van der Waals surface area (Å²) in [5.41, 5.74) is 9.13. The van der Waals surface area contributed by atoms with Crippen LogP contribution in [0.15, 0.2) is 54.6 Å². The summed E-state index contributed by atoms with van der Waals surface area (Å²) < 4.78 is 11.8. The molecule has 0 aliphatic carbocycles. The van der Waals surface area contributed by atoms with Crippen LogP contribution in [-0.4, -0.2) is 78.8 Å². The van der Waals surface area contributed by atoms with Crippen LogP contribution in [0.2, 0.25) is 0 Å². The number of benzene rings is 2. The minimum Gasteiger partial charge on any atom is -0.494 e. The number of ether oxygens (including phenoxy) is 2. The molecule has 3 N–H and O–H groups in total. The molecule has 1 aliphatic heterocycles. The maximum Gasteiger partial charge on any atom is 0.271 e. The Bertz CT molecular complexity index is 1160. The summed E-state index contributed by atoms with van der Waals surface area (Å²) in [6.45, 7) is 8.55.